The van der Waals surface area contributed by atoms with Crippen molar-refractivity contribution in [1.29, 1.82) is 5.26 Å². The molecule has 1 fully saturated rings. The number of nitrogens with one attached hydrogen (secondary N) is 2. The van der Waals surface area contributed by atoms with Gasteiger partial charge in [-0.25, -0.2) is 14.1 Å². The molecule has 1 atom stereocenters. The minimum atomic E-state index is -0.574. The second-order valence-electron chi connectivity index (χ2n) is 9.19. The van der Waals surface area contributed by atoms with Gasteiger partial charge in [-0.1, -0.05) is 40.0 Å². The van der Waals surface area contributed by atoms with Gasteiger partial charge >= 0.3 is 0 Å². The van der Waals surface area contributed by atoms with Crippen molar-refractivity contribution in [2.75, 3.05) is 23.8 Å². The van der Waals surface area contributed by atoms with Gasteiger partial charge in [0.15, 0.2) is 0 Å². The zero-order valence-electron chi connectivity index (χ0n) is 20.7. The van der Waals surface area contributed by atoms with Crippen molar-refractivity contribution in [3.05, 3.63) is 97.3 Å². The number of nitriles is 1. The van der Waals surface area contributed by atoms with Crippen molar-refractivity contribution in [2.45, 2.75) is 12.1 Å². The summed E-state index contributed by atoms with van der Waals surface area (Å²) in [5.74, 6) is -0.555. The number of ether oxygens (including phenoxy) is 1. The van der Waals surface area contributed by atoms with Crippen LogP contribution in [0.15, 0.2) is 59.5 Å². The molecule has 0 saturated carbocycles. The third-order valence-corrected chi connectivity index (χ3v) is 7.83. The molecule has 0 spiro atoms. The predicted octanol–water partition coefficient (Wildman–Crippen LogP) is 7.47. The highest BCUT2D eigenvalue weighted by Crippen LogP contribution is 2.38. The fourth-order valence-corrected chi connectivity index (χ4v) is 5.39. The monoisotopic (exact) mass is 672 g/mol. The predicted molar refractivity (Wildman–Crippen MR) is 158 cm³/mol. The van der Waals surface area contributed by atoms with Crippen LogP contribution in [0.4, 0.5) is 21.5 Å². The molecule has 4 heterocycles. The molecule has 0 amide bonds. The van der Waals surface area contributed by atoms with Crippen molar-refractivity contribution < 1.29 is 9.13 Å². The number of hydrogen-bond donors (Lipinski definition) is 2. The fraction of sp³-hybridized carbons (Fsp3) is 0.148. The Morgan fingerprint density at radius 1 is 1.07 bits per heavy atom. The third-order valence-electron chi connectivity index (χ3n) is 6.51. The van der Waals surface area contributed by atoms with Crippen molar-refractivity contribution in [3.63, 3.8) is 0 Å². The molecule has 1 aliphatic rings. The van der Waals surface area contributed by atoms with Gasteiger partial charge in [0, 0.05) is 39.2 Å². The van der Waals surface area contributed by atoms with Crippen LogP contribution in [-0.4, -0.2) is 38.2 Å². The molecule has 1 saturated heterocycles. The first-order chi connectivity index (χ1) is 19.8. The first-order valence-corrected chi connectivity index (χ1v) is 14.0. The summed E-state index contributed by atoms with van der Waals surface area (Å²) in [6, 6.07) is 11.2. The number of pyridine rings is 2. The summed E-state index contributed by atoms with van der Waals surface area (Å²) >= 11 is 22.7. The van der Waals surface area contributed by atoms with Gasteiger partial charge in [0.25, 0.3) is 0 Å². The average Bonchev–Trinajstić information content (AvgIpc) is 3.39. The molecule has 0 bridgehead atoms. The molecule has 1 aliphatic heterocycles. The van der Waals surface area contributed by atoms with E-state index in [9.17, 15) is 9.65 Å². The Labute approximate surface area is 256 Å². The Morgan fingerprint density at radius 2 is 1.88 bits per heavy atom. The summed E-state index contributed by atoms with van der Waals surface area (Å²) in [6.45, 7) is 1.12. The number of benzene rings is 2. The van der Waals surface area contributed by atoms with Crippen LogP contribution < -0.4 is 10.6 Å². The van der Waals surface area contributed by atoms with Gasteiger partial charge in [-0.2, -0.15) is 5.26 Å². The third kappa shape index (κ3) is 5.54. The van der Waals surface area contributed by atoms with Crippen LogP contribution in [-0.2, 0) is 4.74 Å². The van der Waals surface area contributed by atoms with Gasteiger partial charge < -0.3 is 15.4 Å². The van der Waals surface area contributed by atoms with Crippen LogP contribution in [0.1, 0.15) is 28.9 Å². The van der Waals surface area contributed by atoms with E-state index in [4.69, 9.17) is 39.5 Å². The van der Waals surface area contributed by atoms with Crippen LogP contribution in [0.2, 0.25) is 15.2 Å². The highest BCUT2D eigenvalue weighted by molar-refractivity contribution is 9.10. The molecule has 206 valence electrons. The van der Waals surface area contributed by atoms with E-state index < -0.39 is 11.9 Å². The first-order valence-electron chi connectivity index (χ1n) is 12.1. The summed E-state index contributed by atoms with van der Waals surface area (Å²) in [4.78, 5) is 8.69. The summed E-state index contributed by atoms with van der Waals surface area (Å²) in [5, 5.41) is 26.3. The molecule has 41 heavy (non-hydrogen) atoms. The molecule has 2 N–H and O–H groups in total. The van der Waals surface area contributed by atoms with E-state index in [1.54, 1.807) is 23.0 Å². The Morgan fingerprint density at radius 3 is 2.61 bits per heavy atom. The highest BCUT2D eigenvalue weighted by atomic mass is 79.9. The lowest BCUT2D eigenvalue weighted by Gasteiger charge is -2.25. The lowest BCUT2D eigenvalue weighted by atomic mass is 10.0. The lowest BCUT2D eigenvalue weighted by molar-refractivity contribution is -0.0293. The van der Waals surface area contributed by atoms with Gasteiger partial charge in [-0.15, -0.1) is 5.10 Å². The molecule has 9 nitrogen and oxygen atoms in total. The number of fused-ring (bicyclic) bond motifs is 1. The minimum absolute atomic E-state index is 0.0591. The lowest BCUT2D eigenvalue weighted by Crippen LogP contribution is -2.31. The molecule has 0 aliphatic carbocycles. The van der Waals surface area contributed by atoms with Gasteiger partial charge in [-0.05, 0) is 52.3 Å². The van der Waals surface area contributed by atoms with E-state index >= 15 is 0 Å². The molecule has 3 aromatic heterocycles. The zero-order chi connectivity index (χ0) is 28.7. The van der Waals surface area contributed by atoms with Crippen LogP contribution in [0.5, 0.6) is 0 Å². The second-order valence-corrected chi connectivity index (χ2v) is 11.3. The standard InChI is InChI=1S/C27H17BrCl3FN8O/c28-14-3-19(27(31)35-9-14)26(23-10-40(39-38-23)17-11-41-12-17)37-16-4-18-24(36-15-1-2-22(32)20(29)5-15)13(7-33)8-34-25(18)21(30)6-16/h1-6,8-10,17,26,37H,11-12H2,(H,34,36). The Hall–Kier alpha value is -3.53. The topological polar surface area (TPSA) is 114 Å². The van der Waals surface area contributed by atoms with E-state index in [2.05, 4.69) is 52.9 Å². The maximum Gasteiger partial charge on any atom is 0.141 e. The van der Waals surface area contributed by atoms with E-state index in [0.29, 0.717) is 57.5 Å². The van der Waals surface area contributed by atoms with Crippen LogP contribution in [0, 0.1) is 17.1 Å². The van der Waals surface area contributed by atoms with Gasteiger partial charge in [0.2, 0.25) is 0 Å². The largest absolute Gasteiger partial charge is 0.377 e. The molecular weight excluding hydrogens is 658 g/mol. The second kappa shape index (κ2) is 11.4. The summed E-state index contributed by atoms with van der Waals surface area (Å²) in [7, 11) is 0. The highest BCUT2D eigenvalue weighted by Gasteiger charge is 2.27. The molecule has 14 heteroatoms. The Bertz CT molecular complexity index is 1840. The van der Waals surface area contributed by atoms with Crippen molar-refractivity contribution in [3.8, 4) is 6.07 Å². The molecular formula is C27H17BrCl3FN8O. The summed E-state index contributed by atoms with van der Waals surface area (Å²) < 4.78 is 21.6. The minimum Gasteiger partial charge on any atom is -0.377 e. The van der Waals surface area contributed by atoms with Crippen molar-refractivity contribution in [2.24, 2.45) is 0 Å². The SMILES string of the molecule is N#Cc1cnc2c(Cl)cc(NC(c3cn(C4COC4)nn3)c3cc(Br)cnc3Cl)cc2c1Nc1ccc(F)c(Cl)c1. The summed E-state index contributed by atoms with van der Waals surface area (Å²) in [5.41, 5.74) is 3.46. The fourth-order valence-electron chi connectivity index (χ4n) is 4.38. The Kier molecular flexibility index (Phi) is 7.68. The number of rotatable bonds is 7. The van der Waals surface area contributed by atoms with Crippen LogP contribution >= 0.6 is 50.7 Å². The van der Waals surface area contributed by atoms with Crippen molar-refractivity contribution >= 4 is 78.7 Å². The van der Waals surface area contributed by atoms with E-state index in [1.165, 1.54) is 24.4 Å². The maximum absolute atomic E-state index is 13.8. The number of nitrogens with zero attached hydrogens (tertiary/aromatic N) is 6. The quantitative estimate of drug-likeness (QED) is 0.171. The van der Waals surface area contributed by atoms with E-state index in [1.807, 2.05) is 12.3 Å². The van der Waals surface area contributed by atoms with Crippen LogP contribution in [0.25, 0.3) is 10.9 Å². The number of hydrogen-bond acceptors (Lipinski definition) is 8. The molecule has 5 aromatic rings. The average molecular weight is 675 g/mol. The number of anilines is 3. The normalized spacial score (nSPS) is 14.0. The smallest absolute Gasteiger partial charge is 0.141 e. The molecule has 1 unspecified atom stereocenters. The number of halogens is 5. The zero-order valence-corrected chi connectivity index (χ0v) is 24.6. The Balaban J connectivity index is 1.45. The summed E-state index contributed by atoms with van der Waals surface area (Å²) in [6.07, 6.45) is 4.87. The number of aromatic nitrogens is 5. The van der Waals surface area contributed by atoms with Crippen molar-refractivity contribution in [1.82, 2.24) is 25.0 Å². The van der Waals surface area contributed by atoms with Gasteiger partial charge in [-0.3, -0.25) is 4.98 Å². The van der Waals surface area contributed by atoms with Crippen LogP contribution in [0.3, 0.4) is 0 Å². The molecule has 6 rings (SSSR count). The van der Waals surface area contributed by atoms with E-state index in [0.717, 1.165) is 4.47 Å². The molecule has 2 aromatic carbocycles. The molecule has 0 radical (unpaired) electrons. The van der Waals surface area contributed by atoms with Gasteiger partial charge in [0.05, 0.1) is 46.2 Å². The van der Waals surface area contributed by atoms with Gasteiger partial charge in [0.1, 0.15) is 34.8 Å². The van der Waals surface area contributed by atoms with E-state index in [-0.39, 0.29) is 21.8 Å². The first kappa shape index (κ1) is 27.6. The maximum atomic E-state index is 13.8.